The molecule has 3 aromatic rings. The molecule has 8 heteroatoms. The van der Waals surface area contributed by atoms with E-state index in [2.05, 4.69) is 9.71 Å². The number of sulfonamides is 1. The lowest BCUT2D eigenvalue weighted by molar-refractivity contribution is 0.527. The van der Waals surface area contributed by atoms with Gasteiger partial charge in [0, 0.05) is 32.1 Å². The van der Waals surface area contributed by atoms with Gasteiger partial charge in [-0.1, -0.05) is 6.07 Å². The van der Waals surface area contributed by atoms with Crippen molar-refractivity contribution >= 4 is 21.1 Å². The second kappa shape index (κ2) is 7.20. The Balaban J connectivity index is 1.59. The Hall–Kier alpha value is -2.45. The van der Waals surface area contributed by atoms with Crippen LogP contribution in [0.1, 0.15) is 18.4 Å². The number of nitrogens with one attached hydrogen (secondary N) is 1. The molecule has 1 aromatic carbocycles. The van der Waals surface area contributed by atoms with Crippen LogP contribution in [-0.2, 0) is 23.5 Å². The average molecular weight is 361 g/mol. The molecular formula is C17H19N3O4S. The maximum atomic E-state index is 12.4. The van der Waals surface area contributed by atoms with Crippen molar-refractivity contribution in [2.45, 2.75) is 24.2 Å². The van der Waals surface area contributed by atoms with E-state index in [1.54, 1.807) is 19.3 Å². The second-order valence-corrected chi connectivity index (χ2v) is 7.54. The molecule has 3 rings (SSSR count). The Morgan fingerprint density at radius 2 is 2.08 bits per heavy atom. The molecule has 7 nitrogen and oxygen atoms in total. The lowest BCUT2D eigenvalue weighted by Crippen LogP contribution is -2.24. The van der Waals surface area contributed by atoms with E-state index in [0.29, 0.717) is 12.1 Å². The fourth-order valence-corrected chi connectivity index (χ4v) is 3.66. The van der Waals surface area contributed by atoms with Crippen molar-refractivity contribution in [1.29, 1.82) is 0 Å². The van der Waals surface area contributed by atoms with Crippen molar-refractivity contribution < 1.29 is 12.8 Å². The Bertz CT molecular complexity index is 1020. The van der Waals surface area contributed by atoms with E-state index in [1.165, 1.54) is 16.7 Å². The van der Waals surface area contributed by atoms with Crippen LogP contribution in [0.4, 0.5) is 0 Å². The van der Waals surface area contributed by atoms with E-state index in [9.17, 15) is 13.2 Å². The van der Waals surface area contributed by atoms with Crippen LogP contribution in [0.15, 0.2) is 56.8 Å². The summed E-state index contributed by atoms with van der Waals surface area (Å²) in [5.74, 6) is -0.520. The first-order valence-electron chi connectivity index (χ1n) is 7.95. The van der Waals surface area contributed by atoms with E-state index in [4.69, 9.17) is 4.42 Å². The fraction of sp³-hybridized carbons (Fsp3) is 0.294. The normalized spacial score (nSPS) is 11.9. The Morgan fingerprint density at radius 1 is 1.24 bits per heavy atom. The van der Waals surface area contributed by atoms with Crippen LogP contribution in [0.3, 0.4) is 0 Å². The standard InChI is InChI=1S/C17H19N3O4S/c1-20-15-8-7-14(11-16(15)24-17(20)21)25(22,23)19-10-3-2-5-13-6-4-9-18-12-13/h4,6-9,11-12,19H,2-3,5,10H2,1H3. The molecule has 2 aromatic heterocycles. The number of oxazole rings is 1. The Kier molecular flexibility index (Phi) is 5.00. The minimum atomic E-state index is -3.63. The van der Waals surface area contributed by atoms with Gasteiger partial charge in [-0.25, -0.2) is 17.9 Å². The summed E-state index contributed by atoms with van der Waals surface area (Å²) >= 11 is 0. The highest BCUT2D eigenvalue weighted by atomic mass is 32.2. The van der Waals surface area contributed by atoms with Crippen molar-refractivity contribution in [1.82, 2.24) is 14.3 Å². The number of aromatic nitrogens is 2. The van der Waals surface area contributed by atoms with Gasteiger partial charge in [-0.05, 0) is 43.0 Å². The molecule has 0 atom stereocenters. The van der Waals surface area contributed by atoms with E-state index < -0.39 is 15.8 Å². The molecule has 0 aliphatic carbocycles. The number of hydrogen-bond donors (Lipinski definition) is 1. The van der Waals surface area contributed by atoms with Gasteiger partial charge in [0.05, 0.1) is 10.4 Å². The Morgan fingerprint density at radius 3 is 2.84 bits per heavy atom. The summed E-state index contributed by atoms with van der Waals surface area (Å²) < 4.78 is 33.7. The molecule has 0 saturated heterocycles. The quantitative estimate of drug-likeness (QED) is 0.648. The fourth-order valence-electron chi connectivity index (χ4n) is 2.57. The van der Waals surface area contributed by atoms with Crippen molar-refractivity contribution in [2.24, 2.45) is 7.05 Å². The van der Waals surface area contributed by atoms with Crippen LogP contribution in [0.25, 0.3) is 11.1 Å². The van der Waals surface area contributed by atoms with Gasteiger partial charge in [0.25, 0.3) is 0 Å². The van der Waals surface area contributed by atoms with Gasteiger partial charge in [-0.3, -0.25) is 9.55 Å². The van der Waals surface area contributed by atoms with E-state index in [0.717, 1.165) is 24.8 Å². The number of hydrogen-bond acceptors (Lipinski definition) is 5. The molecule has 0 unspecified atom stereocenters. The number of pyridine rings is 1. The van der Waals surface area contributed by atoms with Gasteiger partial charge in [-0.2, -0.15) is 0 Å². The maximum Gasteiger partial charge on any atom is 0.419 e. The summed E-state index contributed by atoms with van der Waals surface area (Å²) in [7, 11) is -2.06. The first-order valence-corrected chi connectivity index (χ1v) is 9.44. The lowest BCUT2D eigenvalue weighted by Gasteiger charge is -2.07. The topological polar surface area (TPSA) is 94.2 Å². The third kappa shape index (κ3) is 3.97. The highest BCUT2D eigenvalue weighted by Gasteiger charge is 2.16. The van der Waals surface area contributed by atoms with E-state index >= 15 is 0 Å². The van der Waals surface area contributed by atoms with Crippen LogP contribution in [0.2, 0.25) is 0 Å². The number of rotatable bonds is 7. The monoisotopic (exact) mass is 361 g/mol. The van der Waals surface area contributed by atoms with Crippen molar-refractivity contribution in [3.05, 3.63) is 58.8 Å². The highest BCUT2D eigenvalue weighted by molar-refractivity contribution is 7.89. The zero-order chi connectivity index (χ0) is 17.9. The lowest BCUT2D eigenvalue weighted by atomic mass is 10.1. The average Bonchev–Trinajstić information content (AvgIpc) is 2.89. The number of aryl methyl sites for hydroxylation is 2. The summed E-state index contributed by atoms with van der Waals surface area (Å²) in [5, 5.41) is 0. The molecule has 1 N–H and O–H groups in total. The van der Waals surface area contributed by atoms with Crippen molar-refractivity contribution in [3.8, 4) is 0 Å². The number of nitrogens with zero attached hydrogens (tertiary/aromatic N) is 2. The summed E-state index contributed by atoms with van der Waals surface area (Å²) in [5.41, 5.74) is 1.95. The first-order chi connectivity index (χ1) is 12.0. The third-order valence-corrected chi connectivity index (χ3v) is 5.44. The molecule has 0 radical (unpaired) electrons. The van der Waals surface area contributed by atoms with Crippen LogP contribution in [0.5, 0.6) is 0 Å². The van der Waals surface area contributed by atoms with Crippen LogP contribution < -0.4 is 10.5 Å². The van der Waals surface area contributed by atoms with E-state index in [1.807, 2.05) is 18.3 Å². The predicted molar refractivity (Wildman–Crippen MR) is 93.8 cm³/mol. The van der Waals surface area contributed by atoms with Gasteiger partial charge in [0.1, 0.15) is 0 Å². The van der Waals surface area contributed by atoms with Gasteiger partial charge in [0.15, 0.2) is 5.58 Å². The molecule has 0 fully saturated rings. The third-order valence-electron chi connectivity index (χ3n) is 3.98. The second-order valence-electron chi connectivity index (χ2n) is 5.77. The number of fused-ring (bicyclic) bond motifs is 1. The van der Waals surface area contributed by atoms with Gasteiger partial charge in [-0.15, -0.1) is 0 Å². The van der Waals surface area contributed by atoms with Gasteiger partial charge < -0.3 is 4.42 Å². The number of unbranched alkanes of at least 4 members (excludes halogenated alkanes) is 1. The number of benzene rings is 1. The smallest absolute Gasteiger partial charge is 0.408 e. The van der Waals surface area contributed by atoms with E-state index in [-0.39, 0.29) is 10.5 Å². The molecule has 0 saturated carbocycles. The van der Waals surface area contributed by atoms with Gasteiger partial charge in [0.2, 0.25) is 10.0 Å². The van der Waals surface area contributed by atoms with Gasteiger partial charge >= 0.3 is 5.76 Å². The zero-order valence-corrected chi connectivity index (χ0v) is 14.6. The molecule has 0 aliphatic heterocycles. The summed E-state index contributed by atoms with van der Waals surface area (Å²) in [4.78, 5) is 15.6. The minimum absolute atomic E-state index is 0.0848. The highest BCUT2D eigenvalue weighted by Crippen LogP contribution is 2.17. The molecule has 0 bridgehead atoms. The molecule has 25 heavy (non-hydrogen) atoms. The maximum absolute atomic E-state index is 12.4. The summed E-state index contributed by atoms with van der Waals surface area (Å²) in [6, 6.07) is 8.29. The minimum Gasteiger partial charge on any atom is -0.408 e. The Labute approximate surface area is 145 Å². The van der Waals surface area contributed by atoms with Crippen LogP contribution in [-0.4, -0.2) is 24.5 Å². The van der Waals surface area contributed by atoms with Crippen LogP contribution >= 0.6 is 0 Å². The van der Waals surface area contributed by atoms with Crippen molar-refractivity contribution in [2.75, 3.05) is 6.54 Å². The first kappa shape index (κ1) is 17.4. The zero-order valence-electron chi connectivity index (χ0n) is 13.8. The molecule has 0 aliphatic rings. The summed E-state index contributed by atoms with van der Waals surface area (Å²) in [6.07, 6.45) is 5.98. The SMILES string of the molecule is Cn1c(=O)oc2cc(S(=O)(=O)NCCCCc3cccnc3)ccc21. The summed E-state index contributed by atoms with van der Waals surface area (Å²) in [6.45, 7) is 0.347. The van der Waals surface area contributed by atoms with Crippen molar-refractivity contribution in [3.63, 3.8) is 0 Å². The molecule has 0 amide bonds. The molecule has 2 heterocycles. The largest absolute Gasteiger partial charge is 0.419 e. The predicted octanol–water partition coefficient (Wildman–Crippen LogP) is 1.83. The molecule has 132 valence electrons. The molecular weight excluding hydrogens is 342 g/mol. The van der Waals surface area contributed by atoms with Crippen LogP contribution in [0, 0.1) is 0 Å². The molecule has 0 spiro atoms.